The van der Waals surface area contributed by atoms with Gasteiger partial charge in [0.05, 0.1) is 18.6 Å². The van der Waals surface area contributed by atoms with Gasteiger partial charge in [-0.1, -0.05) is 19.1 Å². The van der Waals surface area contributed by atoms with Crippen molar-refractivity contribution in [2.45, 2.75) is 33.6 Å². The Hall–Kier alpha value is -2.30. The van der Waals surface area contributed by atoms with Crippen molar-refractivity contribution in [3.05, 3.63) is 35.1 Å². The van der Waals surface area contributed by atoms with Gasteiger partial charge in [0.15, 0.2) is 0 Å². The molecule has 24 heavy (non-hydrogen) atoms. The van der Waals surface area contributed by atoms with Crippen molar-refractivity contribution < 1.29 is 19.1 Å². The molecule has 2 unspecified atom stereocenters. The van der Waals surface area contributed by atoms with Crippen LogP contribution in [0, 0.1) is 25.7 Å². The maximum Gasteiger partial charge on any atom is 0.308 e. The third kappa shape index (κ3) is 3.03. The summed E-state index contributed by atoms with van der Waals surface area (Å²) in [5, 5.41) is 10.2. The van der Waals surface area contributed by atoms with E-state index in [-0.39, 0.29) is 18.2 Å². The van der Waals surface area contributed by atoms with Crippen molar-refractivity contribution in [1.82, 2.24) is 4.90 Å². The fraction of sp³-hybridized carbons (Fsp3) is 0.474. The molecule has 0 aliphatic carbocycles. The number of nitrogens with zero attached hydrogens (tertiary/aromatic N) is 1. The zero-order valence-corrected chi connectivity index (χ0v) is 14.3. The van der Waals surface area contributed by atoms with Gasteiger partial charge in [-0.05, 0) is 37.3 Å². The predicted molar refractivity (Wildman–Crippen MR) is 90.9 cm³/mol. The summed E-state index contributed by atoms with van der Waals surface area (Å²) in [5.41, 5.74) is 3.93. The van der Waals surface area contributed by atoms with Crippen LogP contribution in [0.25, 0.3) is 11.0 Å². The molecule has 5 heteroatoms. The number of aliphatic carboxylic acids is 1. The van der Waals surface area contributed by atoms with E-state index in [2.05, 4.69) is 0 Å². The predicted octanol–water partition coefficient (Wildman–Crippen LogP) is 3.16. The van der Waals surface area contributed by atoms with Crippen LogP contribution in [-0.2, 0) is 16.0 Å². The Morgan fingerprint density at radius 3 is 2.75 bits per heavy atom. The van der Waals surface area contributed by atoms with E-state index >= 15 is 0 Å². The number of carboxylic acids is 1. The average molecular weight is 329 g/mol. The summed E-state index contributed by atoms with van der Waals surface area (Å²) in [6.07, 6.45) is 2.53. The first-order chi connectivity index (χ1) is 11.4. The van der Waals surface area contributed by atoms with Crippen molar-refractivity contribution in [3.8, 4) is 0 Å². The number of carbonyl (C=O) groups is 2. The molecule has 128 valence electrons. The van der Waals surface area contributed by atoms with E-state index in [0.717, 1.165) is 27.7 Å². The highest BCUT2D eigenvalue weighted by molar-refractivity contribution is 5.89. The number of fused-ring (bicyclic) bond motifs is 1. The molecule has 3 rings (SSSR count). The number of likely N-dealkylation sites (tertiary alicyclic amines) is 1. The molecule has 5 nitrogen and oxygen atoms in total. The first kappa shape index (κ1) is 16.6. The summed E-state index contributed by atoms with van der Waals surface area (Å²) in [6.45, 7) is 6.96. The largest absolute Gasteiger partial charge is 0.481 e. The summed E-state index contributed by atoms with van der Waals surface area (Å²) in [5.74, 6) is -1.12. The first-order valence-electron chi connectivity index (χ1n) is 8.33. The fourth-order valence-corrected chi connectivity index (χ4v) is 3.53. The molecule has 1 saturated heterocycles. The number of benzene rings is 1. The van der Waals surface area contributed by atoms with Crippen LogP contribution in [0.4, 0.5) is 0 Å². The Labute approximate surface area is 141 Å². The van der Waals surface area contributed by atoms with Gasteiger partial charge in [0, 0.05) is 24.0 Å². The van der Waals surface area contributed by atoms with Crippen LogP contribution in [0.2, 0.25) is 0 Å². The lowest BCUT2D eigenvalue weighted by molar-refractivity contribution is -0.146. The minimum atomic E-state index is -0.820. The highest BCUT2D eigenvalue weighted by atomic mass is 16.4. The minimum absolute atomic E-state index is 0.0336. The van der Waals surface area contributed by atoms with Crippen molar-refractivity contribution in [2.75, 3.05) is 13.1 Å². The second kappa shape index (κ2) is 6.30. The smallest absolute Gasteiger partial charge is 0.308 e. The van der Waals surface area contributed by atoms with Gasteiger partial charge in [-0.15, -0.1) is 0 Å². The second-order valence-corrected chi connectivity index (χ2v) is 7.00. The van der Waals surface area contributed by atoms with E-state index in [1.54, 1.807) is 11.2 Å². The molecular weight excluding hydrogens is 306 g/mol. The first-order valence-corrected chi connectivity index (χ1v) is 8.33. The lowest BCUT2D eigenvalue weighted by Gasteiger charge is -2.34. The van der Waals surface area contributed by atoms with Crippen LogP contribution in [0.15, 0.2) is 22.8 Å². The van der Waals surface area contributed by atoms with Gasteiger partial charge in [0.25, 0.3) is 0 Å². The number of aryl methyl sites for hydroxylation is 2. The van der Waals surface area contributed by atoms with E-state index < -0.39 is 11.9 Å². The molecule has 1 aliphatic heterocycles. The number of piperidine rings is 1. The summed E-state index contributed by atoms with van der Waals surface area (Å²) in [6, 6.07) is 4.02. The Balaban J connectivity index is 1.80. The maximum absolute atomic E-state index is 12.7. The number of hydrogen-bond acceptors (Lipinski definition) is 3. The van der Waals surface area contributed by atoms with Crippen LogP contribution in [0.1, 0.15) is 30.0 Å². The number of rotatable bonds is 3. The third-order valence-electron chi connectivity index (χ3n) is 5.05. The normalized spacial score (nSPS) is 21.2. The van der Waals surface area contributed by atoms with Gasteiger partial charge in [0.1, 0.15) is 5.58 Å². The Kier molecular flexibility index (Phi) is 4.35. The molecule has 2 heterocycles. The molecule has 0 radical (unpaired) electrons. The van der Waals surface area contributed by atoms with Crippen molar-refractivity contribution >= 4 is 22.8 Å². The SMILES string of the molecule is Cc1ccc2c(CC(=O)N3CC(C)CC(C(=O)O)C3)coc2c1C. The molecule has 1 fully saturated rings. The van der Waals surface area contributed by atoms with Crippen molar-refractivity contribution in [1.29, 1.82) is 0 Å². The number of carbonyl (C=O) groups excluding carboxylic acids is 1. The Morgan fingerprint density at radius 2 is 2.04 bits per heavy atom. The monoisotopic (exact) mass is 329 g/mol. The van der Waals surface area contributed by atoms with Crippen LogP contribution in [0.5, 0.6) is 0 Å². The lowest BCUT2D eigenvalue weighted by atomic mass is 9.90. The number of furan rings is 1. The van der Waals surface area contributed by atoms with E-state index in [4.69, 9.17) is 4.42 Å². The van der Waals surface area contributed by atoms with Crippen molar-refractivity contribution in [3.63, 3.8) is 0 Å². The van der Waals surface area contributed by atoms with Gasteiger partial charge in [-0.25, -0.2) is 0 Å². The number of hydrogen-bond donors (Lipinski definition) is 1. The van der Waals surface area contributed by atoms with Crippen LogP contribution in [0.3, 0.4) is 0 Å². The molecule has 0 saturated carbocycles. The fourth-order valence-electron chi connectivity index (χ4n) is 3.53. The quantitative estimate of drug-likeness (QED) is 0.939. The zero-order chi connectivity index (χ0) is 17.4. The molecule has 2 atom stereocenters. The topological polar surface area (TPSA) is 70.8 Å². The Morgan fingerprint density at radius 1 is 1.29 bits per heavy atom. The summed E-state index contributed by atoms with van der Waals surface area (Å²) in [4.78, 5) is 25.6. The van der Waals surface area contributed by atoms with Crippen LogP contribution in [-0.4, -0.2) is 35.0 Å². The zero-order valence-electron chi connectivity index (χ0n) is 14.3. The van der Waals surface area contributed by atoms with Crippen molar-refractivity contribution in [2.24, 2.45) is 11.8 Å². The molecule has 0 spiro atoms. The highest BCUT2D eigenvalue weighted by Crippen LogP contribution is 2.28. The summed E-state index contributed by atoms with van der Waals surface area (Å²) in [7, 11) is 0. The second-order valence-electron chi connectivity index (χ2n) is 7.00. The molecule has 1 N–H and O–H groups in total. The van der Waals surface area contributed by atoms with Gasteiger partial charge in [-0.2, -0.15) is 0 Å². The summed E-state index contributed by atoms with van der Waals surface area (Å²) < 4.78 is 5.66. The van der Waals surface area contributed by atoms with Crippen LogP contribution < -0.4 is 0 Å². The molecule has 1 aromatic heterocycles. The minimum Gasteiger partial charge on any atom is -0.481 e. The lowest BCUT2D eigenvalue weighted by Crippen LogP contribution is -2.46. The van der Waals surface area contributed by atoms with E-state index in [9.17, 15) is 14.7 Å². The van der Waals surface area contributed by atoms with E-state index in [1.165, 1.54) is 0 Å². The molecular formula is C19H23NO4. The molecule has 1 aliphatic rings. The maximum atomic E-state index is 12.7. The van der Waals surface area contributed by atoms with E-state index in [1.807, 2.05) is 32.9 Å². The molecule has 2 aromatic rings. The number of amides is 1. The molecule has 0 bridgehead atoms. The van der Waals surface area contributed by atoms with Gasteiger partial charge >= 0.3 is 5.97 Å². The molecule has 1 amide bonds. The highest BCUT2D eigenvalue weighted by Gasteiger charge is 2.32. The van der Waals surface area contributed by atoms with Crippen LogP contribution >= 0.6 is 0 Å². The Bertz CT molecular complexity index is 792. The van der Waals surface area contributed by atoms with Gasteiger partial charge in [0.2, 0.25) is 5.91 Å². The van der Waals surface area contributed by atoms with E-state index in [0.29, 0.717) is 19.5 Å². The standard InChI is InChI=1S/C19H23NO4/c1-11-6-14(19(22)23)9-20(8-11)17(21)7-15-10-24-18-13(3)12(2)4-5-16(15)18/h4-5,10-11,14H,6-9H2,1-3H3,(H,22,23). The number of carboxylic acid groups (broad SMARTS) is 1. The summed E-state index contributed by atoms with van der Waals surface area (Å²) >= 11 is 0. The van der Waals surface area contributed by atoms with Gasteiger partial charge in [-0.3, -0.25) is 9.59 Å². The average Bonchev–Trinajstić information content (AvgIpc) is 2.94. The van der Waals surface area contributed by atoms with Gasteiger partial charge < -0.3 is 14.4 Å². The molecule has 1 aromatic carbocycles. The third-order valence-corrected chi connectivity index (χ3v) is 5.05.